The number of thiazole rings is 1. The van der Waals surface area contributed by atoms with Crippen molar-refractivity contribution in [3.63, 3.8) is 0 Å². The second-order valence-electron chi connectivity index (χ2n) is 10.2. The van der Waals surface area contributed by atoms with Gasteiger partial charge >= 0.3 is 0 Å². The topological polar surface area (TPSA) is 115 Å². The van der Waals surface area contributed by atoms with Gasteiger partial charge in [-0.3, -0.25) is 4.79 Å². The fourth-order valence-electron chi connectivity index (χ4n) is 4.41. The van der Waals surface area contributed by atoms with Crippen LogP contribution in [0.15, 0.2) is 29.9 Å². The zero-order valence-electron chi connectivity index (χ0n) is 20.7. The van der Waals surface area contributed by atoms with E-state index in [0.717, 1.165) is 53.1 Å². The van der Waals surface area contributed by atoms with E-state index in [-0.39, 0.29) is 17.4 Å². The smallest absolute Gasteiger partial charge is 0.284 e. The first-order valence-electron chi connectivity index (χ1n) is 11.7. The minimum atomic E-state index is -0.229. The van der Waals surface area contributed by atoms with E-state index in [9.17, 15) is 4.79 Å². The first-order valence-corrected chi connectivity index (χ1v) is 12.6. The predicted octanol–water partition coefficient (Wildman–Crippen LogP) is 4.27. The van der Waals surface area contributed by atoms with E-state index in [4.69, 9.17) is 10.8 Å². The molecule has 0 spiro atoms. The largest absolute Gasteiger partial charge is 0.383 e. The standard InChI is InChI=1S/C25H30N8OS/c1-14-6-7-15(29-23(34)24-30-18(12-35-24)25(2,3)4)10-17(14)20-19-21(26)27-13-28-22(19)33(31-20)16-8-9-32(5)11-16/h6-7,10,12-13,16H,8-9,11H2,1-5H3,(H,29,34)(H2,26,27,28)/t16-/m1/s1. The third-order valence-electron chi connectivity index (χ3n) is 6.45. The van der Waals surface area contributed by atoms with Crippen LogP contribution in [-0.2, 0) is 5.41 Å². The first kappa shape index (κ1) is 23.4. The van der Waals surface area contributed by atoms with Crippen molar-refractivity contribution in [3.8, 4) is 11.3 Å². The number of hydrogen-bond donors (Lipinski definition) is 2. The molecule has 0 saturated carbocycles. The maximum absolute atomic E-state index is 12.9. The molecule has 1 fully saturated rings. The molecule has 0 radical (unpaired) electrons. The van der Waals surface area contributed by atoms with Crippen LogP contribution in [0.1, 0.15) is 54.3 Å². The molecule has 4 heterocycles. The Labute approximate surface area is 208 Å². The Bertz CT molecular complexity index is 1420. The molecule has 1 aliphatic rings. The highest BCUT2D eigenvalue weighted by atomic mass is 32.1. The lowest BCUT2D eigenvalue weighted by atomic mass is 9.93. The number of benzene rings is 1. The van der Waals surface area contributed by atoms with E-state index in [2.05, 4.69) is 53.0 Å². The molecular formula is C25H30N8OS. The summed E-state index contributed by atoms with van der Waals surface area (Å²) < 4.78 is 1.99. The van der Waals surface area contributed by atoms with Gasteiger partial charge in [-0.15, -0.1) is 11.3 Å². The van der Waals surface area contributed by atoms with Crippen LogP contribution in [0.25, 0.3) is 22.3 Å². The Kier molecular flexibility index (Phi) is 5.80. The van der Waals surface area contributed by atoms with Crippen molar-refractivity contribution in [1.29, 1.82) is 0 Å². The Balaban J connectivity index is 1.52. The molecule has 182 valence electrons. The monoisotopic (exact) mass is 490 g/mol. The van der Waals surface area contributed by atoms with Gasteiger partial charge in [-0.05, 0) is 38.1 Å². The van der Waals surface area contributed by atoms with Crippen LogP contribution in [0, 0.1) is 6.92 Å². The highest BCUT2D eigenvalue weighted by molar-refractivity contribution is 7.11. The maximum atomic E-state index is 12.9. The SMILES string of the molecule is Cc1ccc(NC(=O)c2nc(C(C)(C)C)cs2)cc1-c1nn([C@@H]2CCN(C)C2)c2ncnc(N)c12. The lowest BCUT2D eigenvalue weighted by molar-refractivity contribution is 0.102. The Morgan fingerprint density at radius 2 is 2.06 bits per heavy atom. The van der Waals surface area contributed by atoms with E-state index >= 15 is 0 Å². The average Bonchev–Trinajstić information content (AvgIpc) is 3.53. The lowest BCUT2D eigenvalue weighted by Crippen LogP contribution is -2.17. The van der Waals surface area contributed by atoms with Crippen molar-refractivity contribution in [2.24, 2.45) is 0 Å². The third-order valence-corrected chi connectivity index (χ3v) is 7.29. The molecular weight excluding hydrogens is 460 g/mol. The zero-order valence-corrected chi connectivity index (χ0v) is 21.5. The van der Waals surface area contributed by atoms with Gasteiger partial charge < -0.3 is 16.0 Å². The molecule has 4 aromatic rings. The van der Waals surface area contributed by atoms with Gasteiger partial charge in [-0.1, -0.05) is 26.8 Å². The number of aromatic nitrogens is 5. The predicted molar refractivity (Wildman–Crippen MR) is 140 cm³/mol. The Morgan fingerprint density at radius 3 is 2.74 bits per heavy atom. The molecule has 3 aromatic heterocycles. The Morgan fingerprint density at radius 1 is 1.26 bits per heavy atom. The van der Waals surface area contributed by atoms with Crippen LogP contribution in [0.5, 0.6) is 0 Å². The maximum Gasteiger partial charge on any atom is 0.284 e. The summed E-state index contributed by atoms with van der Waals surface area (Å²) in [5.74, 6) is 0.168. The minimum Gasteiger partial charge on any atom is -0.383 e. The van der Waals surface area contributed by atoms with Gasteiger partial charge in [0.15, 0.2) is 10.7 Å². The number of rotatable bonds is 4. The van der Waals surface area contributed by atoms with Gasteiger partial charge in [0.2, 0.25) is 0 Å². The number of nitrogens with two attached hydrogens (primary N) is 1. The highest BCUT2D eigenvalue weighted by Crippen LogP contribution is 2.36. The summed E-state index contributed by atoms with van der Waals surface area (Å²) in [6.45, 7) is 10.2. The van der Waals surface area contributed by atoms with Gasteiger partial charge in [0, 0.05) is 35.1 Å². The van der Waals surface area contributed by atoms with E-state index in [1.807, 2.05) is 35.2 Å². The second kappa shape index (κ2) is 8.69. The molecule has 0 unspecified atom stereocenters. The van der Waals surface area contributed by atoms with E-state index in [1.165, 1.54) is 17.7 Å². The quantitative estimate of drug-likeness (QED) is 0.439. The van der Waals surface area contributed by atoms with Gasteiger partial charge in [0.25, 0.3) is 5.91 Å². The molecule has 0 bridgehead atoms. The Hall–Kier alpha value is -3.37. The normalized spacial score (nSPS) is 16.8. The van der Waals surface area contributed by atoms with Crippen molar-refractivity contribution in [1.82, 2.24) is 29.6 Å². The fraction of sp³-hybridized carbons (Fsp3) is 0.400. The van der Waals surface area contributed by atoms with Crippen molar-refractivity contribution in [2.75, 3.05) is 31.2 Å². The third kappa shape index (κ3) is 4.39. The van der Waals surface area contributed by atoms with Crippen LogP contribution in [-0.4, -0.2) is 55.7 Å². The number of carbonyl (C=O) groups excluding carboxylic acids is 1. The number of amides is 1. The van der Waals surface area contributed by atoms with Crippen LogP contribution >= 0.6 is 11.3 Å². The van der Waals surface area contributed by atoms with Crippen LogP contribution in [0.4, 0.5) is 11.5 Å². The van der Waals surface area contributed by atoms with Crippen molar-refractivity contribution in [3.05, 3.63) is 46.2 Å². The molecule has 5 rings (SSSR count). The molecule has 1 amide bonds. The number of carbonyl (C=O) groups is 1. The number of hydrogen-bond acceptors (Lipinski definition) is 8. The van der Waals surface area contributed by atoms with Crippen LogP contribution in [0.3, 0.4) is 0 Å². The summed E-state index contributed by atoms with van der Waals surface area (Å²) in [5.41, 5.74) is 11.2. The summed E-state index contributed by atoms with van der Waals surface area (Å²) in [4.78, 5) is 28.5. The summed E-state index contributed by atoms with van der Waals surface area (Å²) in [6, 6.07) is 6.02. The molecule has 1 saturated heterocycles. The van der Waals surface area contributed by atoms with Gasteiger partial charge in [0.1, 0.15) is 17.8 Å². The highest BCUT2D eigenvalue weighted by Gasteiger charge is 2.27. The molecule has 10 heteroatoms. The van der Waals surface area contributed by atoms with E-state index in [1.54, 1.807) is 0 Å². The van der Waals surface area contributed by atoms with Gasteiger partial charge in [-0.2, -0.15) is 5.10 Å². The molecule has 3 N–H and O–H groups in total. The number of likely N-dealkylation sites (N-methyl/N-ethyl adjacent to an activating group) is 1. The first-order chi connectivity index (χ1) is 16.6. The number of nitrogens with one attached hydrogen (secondary N) is 1. The van der Waals surface area contributed by atoms with Crippen molar-refractivity contribution >= 4 is 39.8 Å². The lowest BCUT2D eigenvalue weighted by Gasteiger charge is -2.14. The number of nitrogen functional groups attached to an aromatic ring is 1. The van der Waals surface area contributed by atoms with Crippen LogP contribution in [0.2, 0.25) is 0 Å². The minimum absolute atomic E-state index is 0.109. The zero-order chi connectivity index (χ0) is 24.9. The average molecular weight is 491 g/mol. The summed E-state index contributed by atoms with van der Waals surface area (Å²) in [7, 11) is 2.11. The van der Waals surface area contributed by atoms with Gasteiger partial charge in [0.05, 0.1) is 17.1 Å². The fourth-order valence-corrected chi connectivity index (χ4v) is 5.35. The summed E-state index contributed by atoms with van der Waals surface area (Å²) in [5, 5.41) is 11.1. The van der Waals surface area contributed by atoms with E-state index in [0.29, 0.717) is 16.5 Å². The van der Waals surface area contributed by atoms with E-state index < -0.39 is 0 Å². The summed E-state index contributed by atoms with van der Waals surface area (Å²) in [6.07, 6.45) is 2.48. The molecule has 1 aromatic carbocycles. The van der Waals surface area contributed by atoms with Crippen molar-refractivity contribution in [2.45, 2.75) is 45.6 Å². The number of likely N-dealkylation sites (tertiary alicyclic amines) is 1. The molecule has 35 heavy (non-hydrogen) atoms. The number of anilines is 2. The number of aryl methyl sites for hydroxylation is 1. The molecule has 9 nitrogen and oxygen atoms in total. The number of nitrogens with zero attached hydrogens (tertiary/aromatic N) is 6. The molecule has 1 aliphatic heterocycles. The molecule has 1 atom stereocenters. The number of fused-ring (bicyclic) bond motifs is 1. The molecule has 0 aliphatic carbocycles. The second-order valence-corrected chi connectivity index (χ2v) is 11.1. The van der Waals surface area contributed by atoms with Crippen molar-refractivity contribution < 1.29 is 4.79 Å². The van der Waals surface area contributed by atoms with Crippen LogP contribution < -0.4 is 11.1 Å². The summed E-state index contributed by atoms with van der Waals surface area (Å²) >= 11 is 1.35. The van der Waals surface area contributed by atoms with Gasteiger partial charge in [-0.25, -0.2) is 19.6 Å².